The lowest BCUT2D eigenvalue weighted by atomic mass is 10.0. The van der Waals surface area contributed by atoms with Gasteiger partial charge < -0.3 is 15.7 Å². The van der Waals surface area contributed by atoms with Crippen LogP contribution >= 0.6 is 0 Å². The zero-order chi connectivity index (χ0) is 12.1. The molecular weight excluding hydrogens is 192 g/mol. The zero-order valence-corrected chi connectivity index (χ0v) is 10.4. The van der Waals surface area contributed by atoms with Crippen molar-refractivity contribution in [3.8, 4) is 0 Å². The summed E-state index contributed by atoms with van der Waals surface area (Å²) in [7, 11) is 0. The van der Waals surface area contributed by atoms with Crippen LogP contribution in [-0.2, 0) is 0 Å². The van der Waals surface area contributed by atoms with Crippen LogP contribution < -0.4 is 10.6 Å². The van der Waals surface area contributed by atoms with Crippen molar-refractivity contribution in [3.05, 3.63) is 0 Å². The number of nitrogens with one attached hydrogen (secondary N) is 2. The Labute approximate surface area is 92.4 Å². The minimum atomic E-state index is -0.248. The predicted octanol–water partition coefficient (Wildman–Crippen LogP) is 1.49. The second-order valence-electron chi connectivity index (χ2n) is 5.36. The summed E-state index contributed by atoms with van der Waals surface area (Å²) in [5.74, 6) is 0.456. The first kappa shape index (κ1) is 14.2. The number of carbonyl (C=O) groups excluding carboxylic acids is 1. The van der Waals surface area contributed by atoms with Crippen molar-refractivity contribution in [2.24, 2.45) is 5.92 Å². The third kappa shape index (κ3) is 8.24. The van der Waals surface area contributed by atoms with Crippen LogP contribution in [0.4, 0.5) is 4.79 Å². The Kier molecular flexibility index (Phi) is 5.65. The van der Waals surface area contributed by atoms with Crippen molar-refractivity contribution >= 4 is 6.03 Å². The third-order valence-electron chi connectivity index (χ3n) is 1.80. The summed E-state index contributed by atoms with van der Waals surface area (Å²) in [4.78, 5) is 11.5. The summed E-state index contributed by atoms with van der Waals surface area (Å²) in [6, 6.07) is -0.380. The molecule has 0 radical (unpaired) electrons. The van der Waals surface area contributed by atoms with E-state index in [-0.39, 0.29) is 24.2 Å². The van der Waals surface area contributed by atoms with E-state index in [1.165, 1.54) is 0 Å². The van der Waals surface area contributed by atoms with Crippen LogP contribution in [0.1, 0.15) is 41.0 Å². The highest BCUT2D eigenvalue weighted by Gasteiger charge is 2.17. The fourth-order valence-electron chi connectivity index (χ4n) is 1.31. The average molecular weight is 216 g/mol. The number of amides is 2. The molecule has 4 nitrogen and oxygen atoms in total. The standard InChI is InChI=1S/C11H24N2O2/c1-8(2)6-9(7-14)12-10(15)13-11(3,4)5/h8-9,14H,6-7H2,1-5H3,(H2,12,13,15). The lowest BCUT2D eigenvalue weighted by Crippen LogP contribution is -2.50. The molecule has 0 fully saturated rings. The molecule has 0 bridgehead atoms. The molecule has 0 rings (SSSR count). The topological polar surface area (TPSA) is 61.4 Å². The molecule has 0 spiro atoms. The van der Waals surface area contributed by atoms with Gasteiger partial charge in [-0.15, -0.1) is 0 Å². The van der Waals surface area contributed by atoms with Gasteiger partial charge in [0.25, 0.3) is 0 Å². The number of hydrogen-bond donors (Lipinski definition) is 3. The number of hydrogen-bond acceptors (Lipinski definition) is 2. The highest BCUT2D eigenvalue weighted by molar-refractivity contribution is 5.74. The summed E-state index contributed by atoms with van der Waals surface area (Å²) < 4.78 is 0. The molecular formula is C11H24N2O2. The summed E-state index contributed by atoms with van der Waals surface area (Å²) in [6.45, 7) is 9.86. The van der Waals surface area contributed by atoms with Crippen molar-refractivity contribution < 1.29 is 9.90 Å². The molecule has 0 aliphatic carbocycles. The van der Waals surface area contributed by atoms with E-state index < -0.39 is 0 Å². The summed E-state index contributed by atoms with van der Waals surface area (Å²) in [5.41, 5.74) is -0.248. The molecule has 90 valence electrons. The third-order valence-corrected chi connectivity index (χ3v) is 1.80. The maximum absolute atomic E-state index is 11.5. The lowest BCUT2D eigenvalue weighted by Gasteiger charge is -2.24. The van der Waals surface area contributed by atoms with Crippen molar-refractivity contribution in [1.29, 1.82) is 0 Å². The van der Waals surface area contributed by atoms with E-state index in [2.05, 4.69) is 24.5 Å². The number of urea groups is 1. The van der Waals surface area contributed by atoms with Crippen molar-refractivity contribution in [2.45, 2.75) is 52.6 Å². The number of rotatable bonds is 4. The monoisotopic (exact) mass is 216 g/mol. The van der Waals surface area contributed by atoms with Crippen LogP contribution in [0.25, 0.3) is 0 Å². The number of carbonyl (C=O) groups is 1. The van der Waals surface area contributed by atoms with Gasteiger partial charge in [-0.2, -0.15) is 0 Å². The number of aliphatic hydroxyl groups excluding tert-OH is 1. The Bertz CT molecular complexity index is 197. The van der Waals surface area contributed by atoms with Crippen LogP contribution in [0.5, 0.6) is 0 Å². The maximum atomic E-state index is 11.5. The van der Waals surface area contributed by atoms with Crippen LogP contribution in [0.15, 0.2) is 0 Å². The second-order valence-corrected chi connectivity index (χ2v) is 5.36. The molecule has 2 amide bonds. The van der Waals surface area contributed by atoms with E-state index in [0.717, 1.165) is 6.42 Å². The van der Waals surface area contributed by atoms with Gasteiger partial charge in [-0.3, -0.25) is 0 Å². The molecule has 0 aromatic rings. The SMILES string of the molecule is CC(C)CC(CO)NC(=O)NC(C)(C)C. The minimum Gasteiger partial charge on any atom is -0.394 e. The first-order chi connectivity index (χ1) is 6.74. The van der Waals surface area contributed by atoms with E-state index in [0.29, 0.717) is 5.92 Å². The van der Waals surface area contributed by atoms with E-state index in [1.807, 2.05) is 20.8 Å². The van der Waals surface area contributed by atoms with Gasteiger partial charge in [0, 0.05) is 5.54 Å². The maximum Gasteiger partial charge on any atom is 0.315 e. The molecule has 0 aliphatic heterocycles. The van der Waals surface area contributed by atoms with E-state index >= 15 is 0 Å². The van der Waals surface area contributed by atoms with Crippen LogP contribution in [-0.4, -0.2) is 29.3 Å². The molecule has 0 saturated heterocycles. The Morgan fingerprint density at radius 3 is 2.20 bits per heavy atom. The van der Waals surface area contributed by atoms with E-state index in [4.69, 9.17) is 5.11 Å². The van der Waals surface area contributed by atoms with Gasteiger partial charge in [0.05, 0.1) is 12.6 Å². The molecule has 0 saturated carbocycles. The Morgan fingerprint density at radius 1 is 1.33 bits per heavy atom. The minimum absolute atomic E-state index is 0.0181. The predicted molar refractivity (Wildman–Crippen MR) is 61.7 cm³/mol. The first-order valence-electron chi connectivity index (χ1n) is 5.44. The van der Waals surface area contributed by atoms with Gasteiger partial charge in [0.1, 0.15) is 0 Å². The largest absolute Gasteiger partial charge is 0.394 e. The highest BCUT2D eigenvalue weighted by atomic mass is 16.3. The lowest BCUT2D eigenvalue weighted by molar-refractivity contribution is 0.201. The first-order valence-corrected chi connectivity index (χ1v) is 5.44. The summed E-state index contributed by atoms with van der Waals surface area (Å²) in [6.07, 6.45) is 0.786. The van der Waals surface area contributed by atoms with E-state index in [1.54, 1.807) is 0 Å². The molecule has 1 unspecified atom stereocenters. The Balaban J connectivity index is 4.02. The van der Waals surface area contributed by atoms with Crippen LogP contribution in [0, 0.1) is 5.92 Å². The molecule has 0 heterocycles. The Morgan fingerprint density at radius 2 is 1.87 bits per heavy atom. The quantitative estimate of drug-likeness (QED) is 0.667. The molecule has 0 aliphatic rings. The molecule has 4 heteroatoms. The van der Waals surface area contributed by atoms with Gasteiger partial charge in [-0.1, -0.05) is 13.8 Å². The van der Waals surface area contributed by atoms with Gasteiger partial charge in [-0.25, -0.2) is 4.79 Å². The molecule has 1 atom stereocenters. The van der Waals surface area contributed by atoms with Gasteiger partial charge in [0.2, 0.25) is 0 Å². The normalized spacial score (nSPS) is 13.8. The highest BCUT2D eigenvalue weighted by Crippen LogP contribution is 2.04. The summed E-state index contributed by atoms with van der Waals surface area (Å²) >= 11 is 0. The van der Waals surface area contributed by atoms with Crippen LogP contribution in [0.2, 0.25) is 0 Å². The molecule has 0 aromatic carbocycles. The van der Waals surface area contributed by atoms with Gasteiger partial charge >= 0.3 is 6.03 Å². The Hall–Kier alpha value is -0.770. The molecule has 0 aromatic heterocycles. The van der Waals surface area contributed by atoms with Crippen molar-refractivity contribution in [3.63, 3.8) is 0 Å². The fraction of sp³-hybridized carbons (Fsp3) is 0.909. The number of aliphatic hydroxyl groups is 1. The smallest absolute Gasteiger partial charge is 0.315 e. The summed E-state index contributed by atoms with van der Waals surface area (Å²) in [5, 5.41) is 14.6. The van der Waals surface area contributed by atoms with Crippen LogP contribution in [0.3, 0.4) is 0 Å². The van der Waals surface area contributed by atoms with Gasteiger partial charge in [0.15, 0.2) is 0 Å². The van der Waals surface area contributed by atoms with E-state index in [9.17, 15) is 4.79 Å². The zero-order valence-electron chi connectivity index (χ0n) is 10.4. The van der Waals surface area contributed by atoms with Crippen molar-refractivity contribution in [2.75, 3.05) is 6.61 Å². The average Bonchev–Trinajstić information content (AvgIpc) is 1.98. The second kappa shape index (κ2) is 5.95. The molecule has 15 heavy (non-hydrogen) atoms. The molecule has 3 N–H and O–H groups in total. The van der Waals surface area contributed by atoms with Gasteiger partial charge in [-0.05, 0) is 33.1 Å². The van der Waals surface area contributed by atoms with Crippen molar-refractivity contribution in [1.82, 2.24) is 10.6 Å². The fourth-order valence-corrected chi connectivity index (χ4v) is 1.31.